The van der Waals surface area contributed by atoms with Crippen LogP contribution in [0.25, 0.3) is 0 Å². The van der Waals surface area contributed by atoms with Crippen molar-refractivity contribution in [2.45, 2.75) is 25.7 Å². The number of halogens is 2. The third kappa shape index (κ3) is 2.63. The highest BCUT2D eigenvalue weighted by atomic mass is 35.5. The minimum atomic E-state index is -0.281. The fraction of sp³-hybridized carbons (Fsp3) is 0.429. The molecule has 1 N–H and O–H groups in total. The largest absolute Gasteiger partial charge is 0.272 e. The van der Waals surface area contributed by atoms with E-state index in [0.717, 1.165) is 18.1 Å². The first-order valence-corrected chi connectivity index (χ1v) is 7.21. The summed E-state index contributed by atoms with van der Waals surface area (Å²) >= 11 is 11.8. The molecular weight excluding hydrogens is 283 g/mol. The zero-order valence-electron chi connectivity index (χ0n) is 10.3. The van der Waals surface area contributed by atoms with E-state index in [1.807, 2.05) is 0 Å². The Morgan fingerprint density at radius 2 is 2.16 bits per heavy atom. The van der Waals surface area contributed by atoms with Crippen LogP contribution in [-0.2, 0) is 0 Å². The average Bonchev–Trinajstić information content (AvgIpc) is 2.98. The Balaban J connectivity index is 1.70. The molecule has 2 bridgehead atoms. The molecule has 0 spiro atoms. The van der Waals surface area contributed by atoms with E-state index in [1.54, 1.807) is 18.2 Å². The van der Waals surface area contributed by atoms with E-state index in [4.69, 9.17) is 23.2 Å². The number of fused-ring (bicyclic) bond motifs is 2. The predicted octanol–water partition coefficient (Wildman–Crippen LogP) is 3.90. The molecular formula is C14H14Cl2N2O. The highest BCUT2D eigenvalue weighted by Gasteiger charge is 2.36. The van der Waals surface area contributed by atoms with Gasteiger partial charge in [-0.15, -0.1) is 0 Å². The summed E-state index contributed by atoms with van der Waals surface area (Å²) in [4.78, 5) is 12.0. The van der Waals surface area contributed by atoms with Crippen molar-refractivity contribution in [1.29, 1.82) is 0 Å². The van der Waals surface area contributed by atoms with E-state index in [1.165, 1.54) is 19.3 Å². The van der Waals surface area contributed by atoms with Gasteiger partial charge in [-0.1, -0.05) is 23.2 Å². The predicted molar refractivity (Wildman–Crippen MR) is 76.8 cm³/mol. The average molecular weight is 297 g/mol. The van der Waals surface area contributed by atoms with Crippen LogP contribution in [0.2, 0.25) is 10.0 Å². The molecule has 100 valence electrons. The van der Waals surface area contributed by atoms with Crippen LogP contribution in [0, 0.1) is 11.8 Å². The Bertz CT molecular complexity index is 556. The van der Waals surface area contributed by atoms with Crippen molar-refractivity contribution in [2.24, 2.45) is 16.9 Å². The van der Waals surface area contributed by atoms with Crippen LogP contribution < -0.4 is 5.43 Å². The summed E-state index contributed by atoms with van der Waals surface area (Å²) in [5.74, 6) is 1.07. The smallest absolute Gasteiger partial charge is 0.267 e. The van der Waals surface area contributed by atoms with Crippen LogP contribution in [0.3, 0.4) is 0 Å². The van der Waals surface area contributed by atoms with Gasteiger partial charge in [0.1, 0.15) is 0 Å². The van der Waals surface area contributed by atoms with Gasteiger partial charge in [0.15, 0.2) is 0 Å². The number of hydrazone groups is 1. The van der Waals surface area contributed by atoms with Crippen molar-refractivity contribution in [3.63, 3.8) is 0 Å². The molecule has 0 radical (unpaired) electrons. The van der Waals surface area contributed by atoms with Crippen molar-refractivity contribution >= 4 is 34.8 Å². The van der Waals surface area contributed by atoms with Gasteiger partial charge in [-0.05, 0) is 55.7 Å². The van der Waals surface area contributed by atoms with Gasteiger partial charge in [0.2, 0.25) is 0 Å². The fourth-order valence-electron chi connectivity index (χ4n) is 3.02. The highest BCUT2D eigenvalue weighted by Crippen LogP contribution is 2.42. The minimum absolute atomic E-state index is 0.281. The lowest BCUT2D eigenvalue weighted by Gasteiger charge is -2.11. The quantitative estimate of drug-likeness (QED) is 0.826. The summed E-state index contributed by atoms with van der Waals surface area (Å²) < 4.78 is 0. The first-order chi connectivity index (χ1) is 9.13. The lowest BCUT2D eigenvalue weighted by atomic mass is 9.99. The van der Waals surface area contributed by atoms with E-state index in [9.17, 15) is 4.79 Å². The van der Waals surface area contributed by atoms with Crippen molar-refractivity contribution in [3.8, 4) is 0 Å². The van der Waals surface area contributed by atoms with Gasteiger partial charge in [0.25, 0.3) is 5.91 Å². The van der Waals surface area contributed by atoms with Crippen molar-refractivity contribution in [2.75, 3.05) is 0 Å². The number of hydrogen-bond acceptors (Lipinski definition) is 2. The van der Waals surface area contributed by atoms with Gasteiger partial charge >= 0.3 is 0 Å². The van der Waals surface area contributed by atoms with E-state index in [2.05, 4.69) is 10.5 Å². The third-order valence-corrected chi connectivity index (χ3v) is 4.53. The first-order valence-electron chi connectivity index (χ1n) is 6.45. The lowest BCUT2D eigenvalue weighted by Crippen LogP contribution is -2.22. The van der Waals surface area contributed by atoms with E-state index in [-0.39, 0.29) is 5.91 Å². The topological polar surface area (TPSA) is 41.5 Å². The van der Waals surface area contributed by atoms with Crippen molar-refractivity contribution < 1.29 is 4.79 Å². The summed E-state index contributed by atoms with van der Waals surface area (Å²) in [5, 5.41) is 5.13. The van der Waals surface area contributed by atoms with Gasteiger partial charge in [-0.3, -0.25) is 4.79 Å². The Kier molecular flexibility index (Phi) is 3.50. The third-order valence-electron chi connectivity index (χ3n) is 3.99. The second-order valence-corrected chi connectivity index (χ2v) is 6.09. The summed E-state index contributed by atoms with van der Waals surface area (Å²) in [6.07, 6.45) is 4.78. The molecule has 19 heavy (non-hydrogen) atoms. The van der Waals surface area contributed by atoms with Crippen molar-refractivity contribution in [1.82, 2.24) is 5.43 Å². The molecule has 0 heterocycles. The van der Waals surface area contributed by atoms with Crippen LogP contribution in [0.15, 0.2) is 23.3 Å². The molecule has 2 aliphatic carbocycles. The summed E-state index contributed by atoms with van der Waals surface area (Å²) in [6, 6.07) is 4.82. The van der Waals surface area contributed by atoms with Gasteiger partial charge in [-0.2, -0.15) is 5.10 Å². The van der Waals surface area contributed by atoms with Gasteiger partial charge in [-0.25, -0.2) is 5.43 Å². The Morgan fingerprint density at radius 3 is 2.79 bits per heavy atom. The molecule has 2 atom stereocenters. The SMILES string of the molecule is O=C(N/N=C1/C[C@@H]2CC[C@@H]1C2)c1ccc(Cl)cc1Cl. The molecule has 0 aromatic heterocycles. The maximum Gasteiger partial charge on any atom is 0.272 e. The van der Waals surface area contributed by atoms with Gasteiger partial charge < -0.3 is 0 Å². The Labute approximate surface area is 122 Å². The van der Waals surface area contributed by atoms with Crippen LogP contribution >= 0.6 is 23.2 Å². The number of carbonyl (C=O) groups excluding carboxylic acids is 1. The van der Waals surface area contributed by atoms with Crippen LogP contribution in [0.4, 0.5) is 0 Å². The highest BCUT2D eigenvalue weighted by molar-refractivity contribution is 6.36. The fourth-order valence-corrected chi connectivity index (χ4v) is 3.51. The molecule has 0 aliphatic heterocycles. The molecule has 2 fully saturated rings. The molecule has 2 saturated carbocycles. The second kappa shape index (κ2) is 5.14. The molecule has 2 aliphatic rings. The number of hydrogen-bond donors (Lipinski definition) is 1. The number of amides is 1. The monoisotopic (exact) mass is 296 g/mol. The Hall–Kier alpha value is -1.06. The maximum absolute atomic E-state index is 12.0. The molecule has 1 aromatic rings. The standard InChI is InChI=1S/C14H14Cl2N2O/c15-10-3-4-11(12(16)7-10)14(19)18-17-13-6-8-1-2-9(13)5-8/h3-4,7-9H,1-2,5-6H2,(H,18,19)/b17-13-/t8-,9-/m1/s1. The minimum Gasteiger partial charge on any atom is -0.267 e. The molecule has 5 heteroatoms. The van der Waals surface area contributed by atoms with Crippen LogP contribution in [0.5, 0.6) is 0 Å². The van der Waals surface area contributed by atoms with Gasteiger partial charge in [0, 0.05) is 10.7 Å². The van der Waals surface area contributed by atoms with E-state index < -0.39 is 0 Å². The Morgan fingerprint density at radius 1 is 1.32 bits per heavy atom. The van der Waals surface area contributed by atoms with E-state index in [0.29, 0.717) is 21.5 Å². The van der Waals surface area contributed by atoms with Crippen LogP contribution in [-0.4, -0.2) is 11.6 Å². The second-order valence-electron chi connectivity index (χ2n) is 5.25. The number of carbonyl (C=O) groups is 1. The van der Waals surface area contributed by atoms with E-state index >= 15 is 0 Å². The molecule has 0 saturated heterocycles. The zero-order valence-corrected chi connectivity index (χ0v) is 11.8. The van der Waals surface area contributed by atoms with Gasteiger partial charge in [0.05, 0.1) is 10.6 Å². The number of benzene rings is 1. The number of nitrogens with one attached hydrogen (secondary N) is 1. The lowest BCUT2D eigenvalue weighted by molar-refractivity contribution is 0.0954. The summed E-state index contributed by atoms with van der Waals surface area (Å²) in [5.41, 5.74) is 4.14. The summed E-state index contributed by atoms with van der Waals surface area (Å²) in [6.45, 7) is 0. The van der Waals surface area contributed by atoms with Crippen molar-refractivity contribution in [3.05, 3.63) is 33.8 Å². The first kappa shape index (κ1) is 12.9. The molecule has 0 unspecified atom stereocenters. The molecule has 3 nitrogen and oxygen atoms in total. The zero-order chi connectivity index (χ0) is 13.4. The van der Waals surface area contributed by atoms with Crippen LogP contribution in [0.1, 0.15) is 36.0 Å². The normalized spacial score (nSPS) is 26.9. The molecule has 1 amide bonds. The molecule has 1 aromatic carbocycles. The molecule has 3 rings (SSSR count). The number of rotatable bonds is 2. The maximum atomic E-state index is 12.0. The summed E-state index contributed by atoms with van der Waals surface area (Å²) in [7, 11) is 0. The number of nitrogens with zero attached hydrogens (tertiary/aromatic N) is 1.